The van der Waals surface area contributed by atoms with Crippen LogP contribution in [0.3, 0.4) is 0 Å². The third-order valence-electron chi connectivity index (χ3n) is 2.98. The highest BCUT2D eigenvalue weighted by Crippen LogP contribution is 2.32. The van der Waals surface area contributed by atoms with Gasteiger partial charge in [0, 0.05) is 15.4 Å². The highest BCUT2D eigenvalue weighted by Gasteiger charge is 2.12. The highest BCUT2D eigenvalue weighted by molar-refractivity contribution is 9.10. The van der Waals surface area contributed by atoms with Gasteiger partial charge in [0.15, 0.2) is 0 Å². The summed E-state index contributed by atoms with van der Waals surface area (Å²) in [6, 6.07) is 15.4. The first kappa shape index (κ1) is 12.5. The lowest BCUT2D eigenvalue weighted by molar-refractivity contribution is 1.30. The van der Waals surface area contributed by atoms with Crippen molar-refractivity contribution in [2.24, 2.45) is 0 Å². The fraction of sp³-hybridized carbons (Fsp3) is 0. The molecule has 2 nitrogen and oxygen atoms in total. The van der Waals surface area contributed by atoms with Crippen LogP contribution in [0.2, 0.25) is 5.02 Å². The summed E-state index contributed by atoms with van der Waals surface area (Å²) in [4.78, 5) is 14.7. The van der Waals surface area contributed by atoms with Crippen molar-refractivity contribution in [2.45, 2.75) is 0 Å². The van der Waals surface area contributed by atoms with Gasteiger partial charge in [0.1, 0.15) is 5.02 Å². The van der Waals surface area contributed by atoms with Gasteiger partial charge in [-0.15, -0.1) is 0 Å². The molecule has 0 aliphatic rings. The van der Waals surface area contributed by atoms with E-state index in [1.807, 2.05) is 48.5 Å². The fourth-order valence-electron chi connectivity index (χ4n) is 2.13. The van der Waals surface area contributed by atoms with Crippen molar-refractivity contribution in [1.82, 2.24) is 4.98 Å². The third-order valence-corrected chi connectivity index (χ3v) is 3.83. The molecule has 0 bridgehead atoms. The molecule has 0 unspecified atom stereocenters. The van der Waals surface area contributed by atoms with Crippen molar-refractivity contribution in [1.29, 1.82) is 0 Å². The number of benzene rings is 2. The van der Waals surface area contributed by atoms with E-state index in [0.717, 1.165) is 26.5 Å². The summed E-state index contributed by atoms with van der Waals surface area (Å²) in [5.41, 5.74) is 2.20. The van der Waals surface area contributed by atoms with Crippen LogP contribution in [0.1, 0.15) is 0 Å². The van der Waals surface area contributed by atoms with Crippen LogP contribution >= 0.6 is 27.5 Å². The molecule has 0 saturated heterocycles. The molecule has 0 aliphatic carbocycles. The molecule has 0 spiro atoms. The summed E-state index contributed by atoms with van der Waals surface area (Å²) in [7, 11) is 0. The second-order valence-electron chi connectivity index (χ2n) is 4.20. The van der Waals surface area contributed by atoms with Crippen molar-refractivity contribution in [3.63, 3.8) is 0 Å². The van der Waals surface area contributed by atoms with Crippen LogP contribution in [0.4, 0.5) is 0 Å². The Bertz CT molecular complexity index is 811. The van der Waals surface area contributed by atoms with E-state index in [4.69, 9.17) is 11.6 Å². The maximum Gasteiger partial charge on any atom is 0.267 e. The fourth-order valence-corrected chi connectivity index (χ4v) is 2.75. The molecule has 0 saturated carbocycles. The summed E-state index contributed by atoms with van der Waals surface area (Å²) in [5.74, 6) is 0. The lowest BCUT2D eigenvalue weighted by Crippen LogP contribution is -2.08. The Morgan fingerprint density at radius 3 is 2.53 bits per heavy atom. The number of nitrogens with one attached hydrogen (secondary N) is 1. The summed E-state index contributed by atoms with van der Waals surface area (Å²) < 4.78 is 0.914. The molecule has 19 heavy (non-hydrogen) atoms. The first-order valence-corrected chi connectivity index (χ1v) is 6.90. The predicted molar refractivity (Wildman–Crippen MR) is 82.7 cm³/mol. The molecule has 0 fully saturated rings. The van der Waals surface area contributed by atoms with Crippen molar-refractivity contribution in [3.8, 4) is 11.1 Å². The molecule has 0 aliphatic heterocycles. The minimum Gasteiger partial charge on any atom is -0.321 e. The Kier molecular flexibility index (Phi) is 3.17. The molecule has 3 rings (SSSR count). The normalized spacial score (nSPS) is 10.8. The van der Waals surface area contributed by atoms with E-state index in [1.54, 1.807) is 0 Å². The Balaban J connectivity index is 2.46. The number of aromatic nitrogens is 1. The highest BCUT2D eigenvalue weighted by atomic mass is 79.9. The number of hydrogen-bond acceptors (Lipinski definition) is 1. The second kappa shape index (κ2) is 4.83. The van der Waals surface area contributed by atoms with Gasteiger partial charge in [-0.3, -0.25) is 4.79 Å². The van der Waals surface area contributed by atoms with E-state index in [9.17, 15) is 4.79 Å². The van der Waals surface area contributed by atoms with Crippen LogP contribution in [0.25, 0.3) is 22.0 Å². The number of rotatable bonds is 1. The van der Waals surface area contributed by atoms with Gasteiger partial charge in [0.2, 0.25) is 0 Å². The Morgan fingerprint density at radius 1 is 1.05 bits per heavy atom. The van der Waals surface area contributed by atoms with Gasteiger partial charge in [0.05, 0.1) is 5.52 Å². The van der Waals surface area contributed by atoms with Crippen molar-refractivity contribution < 1.29 is 0 Å². The third kappa shape index (κ3) is 2.20. The number of H-pyrrole nitrogens is 1. The van der Waals surface area contributed by atoms with Gasteiger partial charge in [-0.05, 0) is 17.7 Å². The van der Waals surface area contributed by atoms with Crippen LogP contribution in [0.5, 0.6) is 0 Å². The Hall–Kier alpha value is -1.58. The monoisotopic (exact) mass is 333 g/mol. The SMILES string of the molecule is O=c1[nH]c2cc(Br)ccc2c(-c2ccccc2)c1Cl. The molecular weight excluding hydrogens is 326 g/mol. The molecule has 94 valence electrons. The average molecular weight is 335 g/mol. The van der Waals surface area contributed by atoms with Crippen LogP contribution < -0.4 is 5.56 Å². The van der Waals surface area contributed by atoms with E-state index in [0.29, 0.717) is 0 Å². The van der Waals surface area contributed by atoms with Gasteiger partial charge >= 0.3 is 0 Å². The van der Waals surface area contributed by atoms with Gasteiger partial charge in [-0.1, -0.05) is 63.9 Å². The van der Waals surface area contributed by atoms with Crippen molar-refractivity contribution in [2.75, 3.05) is 0 Å². The quantitative estimate of drug-likeness (QED) is 0.692. The molecule has 3 aromatic rings. The number of halogens is 2. The van der Waals surface area contributed by atoms with Gasteiger partial charge in [-0.2, -0.15) is 0 Å². The zero-order valence-electron chi connectivity index (χ0n) is 9.78. The molecule has 0 atom stereocenters. The lowest BCUT2D eigenvalue weighted by atomic mass is 10.0. The first-order chi connectivity index (χ1) is 9.16. The van der Waals surface area contributed by atoms with Crippen LogP contribution in [-0.4, -0.2) is 4.98 Å². The van der Waals surface area contributed by atoms with Crippen LogP contribution in [0.15, 0.2) is 57.8 Å². The van der Waals surface area contributed by atoms with E-state index in [2.05, 4.69) is 20.9 Å². The van der Waals surface area contributed by atoms with Crippen molar-refractivity contribution >= 4 is 38.4 Å². The molecule has 4 heteroatoms. The van der Waals surface area contributed by atoms with E-state index >= 15 is 0 Å². The summed E-state index contributed by atoms with van der Waals surface area (Å²) in [5, 5.41) is 1.15. The van der Waals surface area contributed by atoms with Gasteiger partial charge in [0.25, 0.3) is 5.56 Å². The van der Waals surface area contributed by atoms with Gasteiger partial charge in [-0.25, -0.2) is 0 Å². The molecule has 0 radical (unpaired) electrons. The van der Waals surface area contributed by atoms with Crippen molar-refractivity contribution in [3.05, 3.63) is 68.4 Å². The lowest BCUT2D eigenvalue weighted by Gasteiger charge is -2.09. The van der Waals surface area contributed by atoms with E-state index in [-0.39, 0.29) is 10.6 Å². The largest absolute Gasteiger partial charge is 0.321 e. The zero-order chi connectivity index (χ0) is 13.4. The standard InChI is InChI=1S/C15H9BrClNO/c16-10-6-7-11-12(8-10)18-15(19)14(17)13(11)9-4-2-1-3-5-9/h1-8H,(H,18,19). The summed E-state index contributed by atoms with van der Waals surface area (Å²) >= 11 is 9.59. The number of hydrogen-bond donors (Lipinski definition) is 1. The Labute approximate surface area is 123 Å². The van der Waals surface area contributed by atoms with Crippen LogP contribution in [-0.2, 0) is 0 Å². The zero-order valence-corrected chi connectivity index (χ0v) is 12.1. The number of fused-ring (bicyclic) bond motifs is 1. The summed E-state index contributed by atoms with van der Waals surface area (Å²) in [6.45, 7) is 0. The number of aromatic amines is 1. The van der Waals surface area contributed by atoms with Gasteiger partial charge < -0.3 is 4.98 Å². The smallest absolute Gasteiger partial charge is 0.267 e. The minimum atomic E-state index is -0.272. The van der Waals surface area contributed by atoms with E-state index in [1.165, 1.54) is 0 Å². The molecule has 1 heterocycles. The first-order valence-electron chi connectivity index (χ1n) is 5.73. The molecule has 1 aromatic heterocycles. The van der Waals surface area contributed by atoms with E-state index < -0.39 is 0 Å². The average Bonchev–Trinajstić information content (AvgIpc) is 2.41. The number of pyridine rings is 1. The predicted octanol–water partition coefficient (Wildman–Crippen LogP) is 4.61. The Morgan fingerprint density at radius 2 is 1.79 bits per heavy atom. The second-order valence-corrected chi connectivity index (χ2v) is 5.49. The molecule has 2 aromatic carbocycles. The maximum absolute atomic E-state index is 11.9. The topological polar surface area (TPSA) is 32.9 Å². The molecule has 1 N–H and O–H groups in total. The van der Waals surface area contributed by atoms with Crippen LogP contribution in [0, 0.1) is 0 Å². The molecule has 0 amide bonds. The molecular formula is C15H9BrClNO. The minimum absolute atomic E-state index is 0.223. The maximum atomic E-state index is 11.9. The summed E-state index contributed by atoms with van der Waals surface area (Å²) in [6.07, 6.45) is 0.